The van der Waals surface area contributed by atoms with E-state index in [2.05, 4.69) is 15.6 Å². The topological polar surface area (TPSA) is 93.3 Å². The van der Waals surface area contributed by atoms with E-state index in [1.165, 1.54) is 15.6 Å². The predicted molar refractivity (Wildman–Crippen MR) is 75.2 cm³/mol. The number of hydrogen-bond donors (Lipinski definition) is 1. The van der Waals surface area contributed by atoms with Crippen molar-refractivity contribution < 1.29 is 14.1 Å². The van der Waals surface area contributed by atoms with Crippen molar-refractivity contribution in [3.05, 3.63) is 28.9 Å². The highest BCUT2D eigenvalue weighted by molar-refractivity contribution is 6.07. The third-order valence-electron chi connectivity index (χ3n) is 3.03. The Balaban J connectivity index is 2.35. The van der Waals surface area contributed by atoms with Crippen LogP contribution in [0.1, 0.15) is 32.4 Å². The summed E-state index contributed by atoms with van der Waals surface area (Å²) in [6, 6.07) is 1.52. The molecule has 2 aromatic rings. The second kappa shape index (κ2) is 5.39. The lowest BCUT2D eigenvalue weighted by molar-refractivity contribution is 0.0822. The van der Waals surface area contributed by atoms with Crippen LogP contribution < -0.4 is 5.32 Å². The number of amides is 2. The number of nitrogens with one attached hydrogen (secondary N) is 1. The molecule has 112 valence electrons. The van der Waals surface area contributed by atoms with Gasteiger partial charge in [-0.05, 0) is 13.8 Å². The van der Waals surface area contributed by atoms with Crippen molar-refractivity contribution in [1.82, 2.24) is 19.8 Å². The normalized spacial score (nSPS) is 10.5. The summed E-state index contributed by atoms with van der Waals surface area (Å²) in [7, 11) is 4.95. The second-order valence-electron chi connectivity index (χ2n) is 4.92. The van der Waals surface area contributed by atoms with Gasteiger partial charge in [0.15, 0.2) is 5.69 Å². The van der Waals surface area contributed by atoms with E-state index in [0.29, 0.717) is 17.1 Å². The van der Waals surface area contributed by atoms with Crippen LogP contribution in [0.25, 0.3) is 0 Å². The summed E-state index contributed by atoms with van der Waals surface area (Å²) in [6.45, 7) is 3.48. The van der Waals surface area contributed by atoms with Gasteiger partial charge in [-0.2, -0.15) is 5.10 Å². The number of carbonyl (C=O) groups excluding carboxylic acids is 2. The molecule has 0 aliphatic rings. The van der Waals surface area contributed by atoms with Crippen molar-refractivity contribution in [3.8, 4) is 0 Å². The monoisotopic (exact) mass is 291 g/mol. The number of aromatic nitrogens is 3. The van der Waals surface area contributed by atoms with E-state index < -0.39 is 5.91 Å². The maximum atomic E-state index is 12.1. The van der Waals surface area contributed by atoms with Gasteiger partial charge in [-0.15, -0.1) is 0 Å². The molecule has 2 amide bonds. The van der Waals surface area contributed by atoms with E-state index in [0.717, 1.165) is 0 Å². The summed E-state index contributed by atoms with van der Waals surface area (Å²) in [5, 5.41) is 10.5. The molecule has 8 nitrogen and oxygen atoms in total. The lowest BCUT2D eigenvalue weighted by Crippen LogP contribution is -2.24. The Morgan fingerprint density at radius 3 is 2.52 bits per heavy atom. The molecule has 0 aliphatic heterocycles. The molecule has 0 unspecified atom stereocenters. The molecule has 0 saturated heterocycles. The zero-order valence-electron chi connectivity index (χ0n) is 12.6. The molecule has 0 aliphatic carbocycles. The van der Waals surface area contributed by atoms with Crippen LogP contribution in [0.3, 0.4) is 0 Å². The molecular weight excluding hydrogens is 274 g/mol. The van der Waals surface area contributed by atoms with Gasteiger partial charge < -0.3 is 14.7 Å². The summed E-state index contributed by atoms with van der Waals surface area (Å²) in [6.07, 6.45) is 0. The number of aryl methyl sites for hydroxylation is 2. The number of nitrogens with zero attached hydrogens (tertiary/aromatic N) is 4. The van der Waals surface area contributed by atoms with Crippen molar-refractivity contribution in [3.63, 3.8) is 0 Å². The molecule has 0 radical (unpaired) electrons. The number of anilines is 1. The van der Waals surface area contributed by atoms with Gasteiger partial charge in [0, 0.05) is 27.2 Å². The Labute approximate surface area is 121 Å². The van der Waals surface area contributed by atoms with E-state index in [1.807, 2.05) is 0 Å². The summed E-state index contributed by atoms with van der Waals surface area (Å²) < 4.78 is 6.45. The van der Waals surface area contributed by atoms with Gasteiger partial charge >= 0.3 is 0 Å². The smallest absolute Gasteiger partial charge is 0.294 e. The highest BCUT2D eigenvalue weighted by atomic mass is 16.5. The van der Waals surface area contributed by atoms with Crippen LogP contribution in [-0.2, 0) is 7.05 Å². The fourth-order valence-corrected chi connectivity index (χ4v) is 1.77. The zero-order valence-corrected chi connectivity index (χ0v) is 12.6. The molecular formula is C13H17N5O3. The van der Waals surface area contributed by atoms with E-state index in [-0.39, 0.29) is 17.4 Å². The first-order valence-corrected chi connectivity index (χ1v) is 6.31. The van der Waals surface area contributed by atoms with Crippen LogP contribution in [0.5, 0.6) is 0 Å². The summed E-state index contributed by atoms with van der Waals surface area (Å²) in [4.78, 5) is 25.6. The summed E-state index contributed by atoms with van der Waals surface area (Å²) in [5.41, 5.74) is 1.83. The Kier molecular flexibility index (Phi) is 3.79. The molecule has 0 fully saturated rings. The molecule has 21 heavy (non-hydrogen) atoms. The van der Waals surface area contributed by atoms with Crippen molar-refractivity contribution in [2.24, 2.45) is 7.05 Å². The van der Waals surface area contributed by atoms with E-state index in [1.54, 1.807) is 35.0 Å². The molecule has 0 saturated carbocycles. The van der Waals surface area contributed by atoms with Crippen LogP contribution >= 0.6 is 0 Å². The van der Waals surface area contributed by atoms with Gasteiger partial charge in [0.25, 0.3) is 11.8 Å². The zero-order chi connectivity index (χ0) is 15.7. The van der Waals surface area contributed by atoms with Gasteiger partial charge in [-0.25, -0.2) is 0 Å². The molecule has 1 N–H and O–H groups in total. The largest absolute Gasteiger partial charge is 0.351 e. The van der Waals surface area contributed by atoms with Crippen LogP contribution in [-0.4, -0.2) is 45.7 Å². The van der Waals surface area contributed by atoms with Crippen molar-refractivity contribution in [2.75, 3.05) is 19.4 Å². The average molecular weight is 291 g/mol. The van der Waals surface area contributed by atoms with Gasteiger partial charge in [0.1, 0.15) is 0 Å². The third-order valence-corrected chi connectivity index (χ3v) is 3.03. The molecule has 0 atom stereocenters. The molecule has 0 bridgehead atoms. The Morgan fingerprint density at radius 2 is 2.00 bits per heavy atom. The molecule has 8 heteroatoms. The number of rotatable bonds is 3. The maximum absolute atomic E-state index is 12.1. The highest BCUT2D eigenvalue weighted by Crippen LogP contribution is 2.21. The van der Waals surface area contributed by atoms with Crippen molar-refractivity contribution in [1.29, 1.82) is 0 Å². The van der Waals surface area contributed by atoms with Crippen LogP contribution in [0.15, 0.2) is 10.6 Å². The fourth-order valence-electron chi connectivity index (χ4n) is 1.77. The maximum Gasteiger partial charge on any atom is 0.294 e. The summed E-state index contributed by atoms with van der Waals surface area (Å²) >= 11 is 0. The second-order valence-corrected chi connectivity index (χ2v) is 4.92. The Hall–Kier alpha value is -2.64. The summed E-state index contributed by atoms with van der Waals surface area (Å²) in [5.74, 6) is -0.679. The van der Waals surface area contributed by atoms with Gasteiger partial charge in [-0.1, -0.05) is 5.16 Å². The Morgan fingerprint density at radius 1 is 1.33 bits per heavy atom. The molecule has 0 spiro atoms. The van der Waals surface area contributed by atoms with Crippen LogP contribution in [0, 0.1) is 13.8 Å². The molecule has 2 heterocycles. The van der Waals surface area contributed by atoms with Crippen LogP contribution in [0.4, 0.5) is 5.69 Å². The minimum Gasteiger partial charge on any atom is -0.351 e. The van der Waals surface area contributed by atoms with Crippen molar-refractivity contribution >= 4 is 17.5 Å². The molecule has 2 aromatic heterocycles. The molecule has 2 rings (SSSR count). The first-order chi connectivity index (χ1) is 9.81. The standard InChI is InChI=1S/C13H17N5O3/c1-7-6-9(21-16-7)12(19)14-10-8(2)18(5)15-11(10)13(20)17(3)4/h6H,1-5H3,(H,14,19). The highest BCUT2D eigenvalue weighted by Gasteiger charge is 2.24. The van der Waals surface area contributed by atoms with E-state index >= 15 is 0 Å². The molecule has 0 aromatic carbocycles. The fraction of sp³-hybridized carbons (Fsp3) is 0.385. The quantitative estimate of drug-likeness (QED) is 0.909. The van der Waals surface area contributed by atoms with Crippen molar-refractivity contribution in [2.45, 2.75) is 13.8 Å². The SMILES string of the molecule is Cc1cc(C(=O)Nc2c(C(=O)N(C)C)nn(C)c2C)on1. The third kappa shape index (κ3) is 2.78. The van der Waals surface area contributed by atoms with E-state index in [9.17, 15) is 9.59 Å². The van der Waals surface area contributed by atoms with Gasteiger partial charge in [0.05, 0.1) is 17.1 Å². The minimum atomic E-state index is -0.473. The number of hydrogen-bond acceptors (Lipinski definition) is 5. The van der Waals surface area contributed by atoms with Gasteiger partial charge in [0.2, 0.25) is 5.76 Å². The van der Waals surface area contributed by atoms with Gasteiger partial charge in [-0.3, -0.25) is 14.3 Å². The number of carbonyl (C=O) groups is 2. The lowest BCUT2D eigenvalue weighted by Gasteiger charge is -2.10. The first kappa shape index (κ1) is 14.8. The average Bonchev–Trinajstić information content (AvgIpc) is 2.96. The Bertz CT molecular complexity index is 699. The predicted octanol–water partition coefficient (Wildman–Crippen LogP) is 0.979. The lowest BCUT2D eigenvalue weighted by atomic mass is 10.2. The first-order valence-electron chi connectivity index (χ1n) is 6.31. The van der Waals surface area contributed by atoms with E-state index in [4.69, 9.17) is 4.52 Å². The minimum absolute atomic E-state index is 0.0824. The van der Waals surface area contributed by atoms with Crippen LogP contribution in [0.2, 0.25) is 0 Å².